The average molecular weight is 266 g/mol. The second-order valence-corrected chi connectivity index (χ2v) is 7.37. The van der Waals surface area contributed by atoms with Crippen molar-refractivity contribution in [3.05, 3.63) is 12.2 Å². The number of aliphatic hydroxyl groups is 2. The highest BCUT2D eigenvalue weighted by Crippen LogP contribution is 2.67. The van der Waals surface area contributed by atoms with Crippen molar-refractivity contribution < 1.29 is 19.7 Å². The molecular weight excluding hydrogens is 244 g/mol. The third-order valence-electron chi connectivity index (χ3n) is 5.88. The maximum absolute atomic E-state index is 12.3. The van der Waals surface area contributed by atoms with E-state index >= 15 is 0 Å². The molecule has 106 valence electrons. The molecule has 0 aromatic heterocycles. The Kier molecular flexibility index (Phi) is 2.23. The SMILES string of the molecule is CC1(C)CC[C@H](O)[C@]2(C)[C@@H]3C(=O)O[C@]12C=C[C@@]3(C)O. The zero-order chi connectivity index (χ0) is 14.3. The molecule has 4 heteroatoms. The molecule has 1 saturated heterocycles. The van der Waals surface area contributed by atoms with Crippen LogP contribution in [0.3, 0.4) is 0 Å². The van der Waals surface area contributed by atoms with Crippen LogP contribution in [0.1, 0.15) is 40.5 Å². The largest absolute Gasteiger partial charge is 0.453 e. The van der Waals surface area contributed by atoms with Gasteiger partial charge in [0.15, 0.2) is 0 Å². The number of rotatable bonds is 0. The summed E-state index contributed by atoms with van der Waals surface area (Å²) in [6, 6.07) is 0. The van der Waals surface area contributed by atoms with E-state index in [0.717, 1.165) is 6.42 Å². The van der Waals surface area contributed by atoms with Gasteiger partial charge in [-0.15, -0.1) is 0 Å². The molecule has 2 aliphatic carbocycles. The van der Waals surface area contributed by atoms with Crippen LogP contribution in [0.2, 0.25) is 0 Å². The van der Waals surface area contributed by atoms with Gasteiger partial charge in [0.05, 0.1) is 17.1 Å². The predicted molar refractivity (Wildman–Crippen MR) is 69.2 cm³/mol. The highest BCUT2D eigenvalue weighted by molar-refractivity contribution is 5.81. The van der Waals surface area contributed by atoms with E-state index in [1.165, 1.54) is 0 Å². The number of aliphatic hydroxyl groups excluding tert-OH is 1. The van der Waals surface area contributed by atoms with Gasteiger partial charge in [-0.05, 0) is 25.8 Å². The van der Waals surface area contributed by atoms with E-state index in [0.29, 0.717) is 6.42 Å². The van der Waals surface area contributed by atoms with Crippen LogP contribution in [0.15, 0.2) is 12.2 Å². The number of carbonyl (C=O) groups is 1. The molecule has 0 spiro atoms. The van der Waals surface area contributed by atoms with Crippen LogP contribution < -0.4 is 0 Å². The summed E-state index contributed by atoms with van der Waals surface area (Å²) in [6.07, 6.45) is 4.26. The van der Waals surface area contributed by atoms with Crippen molar-refractivity contribution in [2.24, 2.45) is 16.7 Å². The summed E-state index contributed by atoms with van der Waals surface area (Å²) >= 11 is 0. The van der Waals surface area contributed by atoms with E-state index in [4.69, 9.17) is 4.74 Å². The van der Waals surface area contributed by atoms with E-state index in [-0.39, 0.29) is 5.41 Å². The van der Waals surface area contributed by atoms with Gasteiger partial charge in [0, 0.05) is 5.41 Å². The molecular formula is C15H22O4. The fourth-order valence-corrected chi connectivity index (χ4v) is 4.74. The highest BCUT2D eigenvalue weighted by atomic mass is 16.6. The normalized spacial score (nSPS) is 54.7. The second-order valence-electron chi connectivity index (χ2n) is 7.37. The molecule has 3 aliphatic rings. The van der Waals surface area contributed by atoms with E-state index in [9.17, 15) is 15.0 Å². The maximum atomic E-state index is 12.3. The summed E-state index contributed by atoms with van der Waals surface area (Å²) in [5.74, 6) is -1.11. The fourth-order valence-electron chi connectivity index (χ4n) is 4.74. The van der Waals surface area contributed by atoms with Gasteiger partial charge in [0.25, 0.3) is 0 Å². The van der Waals surface area contributed by atoms with Gasteiger partial charge in [0.2, 0.25) is 0 Å². The summed E-state index contributed by atoms with van der Waals surface area (Å²) < 4.78 is 5.76. The van der Waals surface area contributed by atoms with Crippen LogP contribution in [-0.2, 0) is 9.53 Å². The Morgan fingerprint density at radius 3 is 2.53 bits per heavy atom. The zero-order valence-corrected chi connectivity index (χ0v) is 11.9. The Balaban J connectivity index is 2.30. The standard InChI is InChI=1S/C15H22O4/c1-12(2)6-5-9(16)14(4)10-11(17)19-15(12,14)8-7-13(10,3)18/h7-10,16,18H,5-6H2,1-4H3/t9-,10+,13+,14+,15+/m0/s1. The molecule has 0 amide bonds. The lowest BCUT2D eigenvalue weighted by Crippen LogP contribution is -2.67. The van der Waals surface area contributed by atoms with Crippen LogP contribution in [-0.4, -0.2) is 33.5 Å². The quantitative estimate of drug-likeness (QED) is 0.514. The van der Waals surface area contributed by atoms with Gasteiger partial charge in [-0.1, -0.05) is 26.8 Å². The van der Waals surface area contributed by atoms with Crippen molar-refractivity contribution in [1.29, 1.82) is 0 Å². The predicted octanol–water partition coefficient (Wildman–Crippen LogP) is 1.41. The van der Waals surface area contributed by atoms with E-state index < -0.39 is 34.6 Å². The third kappa shape index (κ3) is 1.20. The number of ether oxygens (including phenoxy) is 1. The van der Waals surface area contributed by atoms with Gasteiger partial charge in [-0.3, -0.25) is 4.79 Å². The van der Waals surface area contributed by atoms with Crippen LogP contribution in [0.5, 0.6) is 0 Å². The molecule has 2 N–H and O–H groups in total. The fraction of sp³-hybridized carbons (Fsp3) is 0.800. The molecule has 5 atom stereocenters. The van der Waals surface area contributed by atoms with Crippen molar-refractivity contribution in [3.8, 4) is 0 Å². The molecule has 1 aliphatic heterocycles. The lowest BCUT2D eigenvalue weighted by molar-refractivity contribution is -0.196. The van der Waals surface area contributed by atoms with Crippen molar-refractivity contribution in [3.63, 3.8) is 0 Å². The Labute approximate surface area is 113 Å². The molecule has 4 nitrogen and oxygen atoms in total. The molecule has 19 heavy (non-hydrogen) atoms. The monoisotopic (exact) mass is 266 g/mol. The van der Waals surface area contributed by atoms with Crippen molar-refractivity contribution in [2.75, 3.05) is 0 Å². The van der Waals surface area contributed by atoms with Crippen LogP contribution in [0.25, 0.3) is 0 Å². The van der Waals surface area contributed by atoms with Crippen LogP contribution in [0, 0.1) is 16.7 Å². The number of hydrogen-bond donors (Lipinski definition) is 2. The van der Waals surface area contributed by atoms with Gasteiger partial charge < -0.3 is 14.9 Å². The number of hydrogen-bond acceptors (Lipinski definition) is 4. The average Bonchev–Trinajstić information content (AvgIpc) is 2.46. The smallest absolute Gasteiger partial charge is 0.313 e. The minimum absolute atomic E-state index is 0.252. The first kappa shape index (κ1) is 13.1. The zero-order valence-electron chi connectivity index (χ0n) is 11.9. The molecule has 0 radical (unpaired) electrons. The number of esters is 1. The molecule has 0 unspecified atom stereocenters. The van der Waals surface area contributed by atoms with Crippen molar-refractivity contribution in [1.82, 2.24) is 0 Å². The molecule has 2 bridgehead atoms. The Morgan fingerprint density at radius 2 is 1.89 bits per heavy atom. The summed E-state index contributed by atoms with van der Waals surface area (Å²) in [7, 11) is 0. The molecule has 1 saturated carbocycles. The van der Waals surface area contributed by atoms with Gasteiger partial charge in [-0.2, -0.15) is 0 Å². The minimum atomic E-state index is -1.26. The van der Waals surface area contributed by atoms with Gasteiger partial charge in [0.1, 0.15) is 11.5 Å². The van der Waals surface area contributed by atoms with E-state index in [2.05, 4.69) is 13.8 Å². The summed E-state index contributed by atoms with van der Waals surface area (Å²) in [6.45, 7) is 7.63. The molecule has 0 aromatic rings. The second kappa shape index (κ2) is 3.23. The van der Waals surface area contributed by atoms with Gasteiger partial charge >= 0.3 is 5.97 Å². The molecule has 3 rings (SSSR count). The first-order chi connectivity index (χ1) is 8.58. The Bertz CT molecular complexity index is 479. The first-order valence-electron chi connectivity index (χ1n) is 6.92. The number of carbonyl (C=O) groups excluding carboxylic acids is 1. The summed E-state index contributed by atoms with van der Waals surface area (Å²) in [5, 5.41) is 21.1. The third-order valence-corrected chi connectivity index (χ3v) is 5.88. The first-order valence-corrected chi connectivity index (χ1v) is 6.92. The van der Waals surface area contributed by atoms with E-state index in [1.54, 1.807) is 13.0 Å². The van der Waals surface area contributed by atoms with Crippen molar-refractivity contribution >= 4 is 5.97 Å². The summed E-state index contributed by atoms with van der Waals surface area (Å²) in [5.41, 5.74) is -3.11. The van der Waals surface area contributed by atoms with E-state index in [1.807, 2.05) is 13.0 Å². The molecule has 2 fully saturated rings. The summed E-state index contributed by atoms with van der Waals surface area (Å²) in [4.78, 5) is 12.3. The van der Waals surface area contributed by atoms with Crippen molar-refractivity contribution in [2.45, 2.75) is 57.8 Å². The van der Waals surface area contributed by atoms with Gasteiger partial charge in [-0.25, -0.2) is 0 Å². The van der Waals surface area contributed by atoms with Crippen LogP contribution >= 0.6 is 0 Å². The minimum Gasteiger partial charge on any atom is -0.453 e. The Hall–Kier alpha value is -0.870. The highest BCUT2D eigenvalue weighted by Gasteiger charge is 2.77. The maximum Gasteiger partial charge on any atom is 0.313 e. The lowest BCUT2D eigenvalue weighted by atomic mass is 9.46. The van der Waals surface area contributed by atoms with Crippen LogP contribution in [0.4, 0.5) is 0 Å². The molecule has 1 heterocycles. The molecule has 0 aromatic carbocycles. The lowest BCUT2D eigenvalue weighted by Gasteiger charge is -2.59. The topological polar surface area (TPSA) is 66.8 Å². The Morgan fingerprint density at radius 1 is 1.26 bits per heavy atom.